The average Bonchev–Trinajstić information content (AvgIpc) is 3.10. The summed E-state index contributed by atoms with van der Waals surface area (Å²) in [5.41, 5.74) is -0.578. The number of nitrogens with zero attached hydrogens (tertiary/aromatic N) is 1. The van der Waals surface area contributed by atoms with Crippen LogP contribution in [0, 0.1) is 23.6 Å². The maximum absolute atomic E-state index is 14.9. The molecule has 0 amide bonds. The number of halogens is 2. The molecule has 2 aromatic rings. The van der Waals surface area contributed by atoms with Gasteiger partial charge in [0.2, 0.25) is 0 Å². The Balaban J connectivity index is 0.00000256. The van der Waals surface area contributed by atoms with Gasteiger partial charge in [-0.3, -0.25) is 0 Å². The molecule has 0 radical (unpaired) electrons. The fourth-order valence-corrected chi connectivity index (χ4v) is 5.29. The first kappa shape index (κ1) is 22.7. The van der Waals surface area contributed by atoms with Gasteiger partial charge in [0.25, 0.3) is 0 Å². The number of esters is 1. The van der Waals surface area contributed by atoms with E-state index in [4.69, 9.17) is 4.74 Å². The summed E-state index contributed by atoms with van der Waals surface area (Å²) in [5, 5.41) is 11.8. The predicted octanol–water partition coefficient (Wildman–Crippen LogP) is 4.65. The van der Waals surface area contributed by atoms with Gasteiger partial charge in [0.15, 0.2) is 0 Å². The minimum atomic E-state index is -1.26. The van der Waals surface area contributed by atoms with Crippen molar-refractivity contribution in [3.8, 4) is 5.75 Å². The molecule has 0 saturated heterocycles. The predicted molar refractivity (Wildman–Crippen MR) is 116 cm³/mol. The van der Waals surface area contributed by atoms with E-state index in [9.17, 15) is 14.3 Å². The lowest BCUT2D eigenvalue weighted by Crippen LogP contribution is -2.48. The minimum Gasteiger partial charge on any atom is -0.423 e. The summed E-state index contributed by atoms with van der Waals surface area (Å²) in [6, 6.07) is 13.0. The second kappa shape index (κ2) is 9.04. The first-order valence-corrected chi connectivity index (χ1v) is 10.3. The largest absolute Gasteiger partial charge is 0.423 e. The molecule has 6 heteroatoms. The number of carbonyl (C=O) groups is 1. The van der Waals surface area contributed by atoms with Crippen molar-refractivity contribution in [1.29, 1.82) is 0 Å². The Hall–Kier alpha value is -1.95. The van der Waals surface area contributed by atoms with E-state index >= 15 is 0 Å². The van der Waals surface area contributed by atoms with Crippen LogP contribution >= 0.6 is 12.4 Å². The number of hydrogen-bond acceptors (Lipinski definition) is 4. The Morgan fingerprint density at radius 3 is 2.63 bits per heavy atom. The molecule has 0 heterocycles. The van der Waals surface area contributed by atoms with Crippen molar-refractivity contribution >= 4 is 18.4 Å². The third-order valence-electron chi connectivity index (χ3n) is 6.55. The lowest BCUT2D eigenvalue weighted by atomic mass is 9.65. The number of aliphatic hydroxyl groups is 1. The van der Waals surface area contributed by atoms with E-state index in [0.29, 0.717) is 30.4 Å². The van der Waals surface area contributed by atoms with Crippen LogP contribution in [-0.2, 0) is 5.60 Å². The molecule has 2 saturated carbocycles. The highest BCUT2D eigenvalue weighted by molar-refractivity contribution is 5.91. The molecule has 0 spiro atoms. The molecule has 4 rings (SSSR count). The zero-order chi connectivity index (χ0) is 20.6. The summed E-state index contributed by atoms with van der Waals surface area (Å²) in [6.45, 7) is 0.696. The molecule has 2 aliphatic carbocycles. The topological polar surface area (TPSA) is 49.8 Å². The molecule has 2 aromatic carbocycles. The van der Waals surface area contributed by atoms with E-state index in [0.717, 1.165) is 19.3 Å². The third-order valence-corrected chi connectivity index (χ3v) is 6.55. The van der Waals surface area contributed by atoms with Crippen molar-refractivity contribution in [3.63, 3.8) is 0 Å². The van der Waals surface area contributed by atoms with Crippen LogP contribution in [0.1, 0.15) is 41.6 Å². The van der Waals surface area contributed by atoms with Crippen LogP contribution in [0.15, 0.2) is 48.5 Å². The van der Waals surface area contributed by atoms with Gasteiger partial charge in [-0.1, -0.05) is 24.6 Å². The normalized spacial score (nSPS) is 27.6. The van der Waals surface area contributed by atoms with E-state index in [-0.39, 0.29) is 29.6 Å². The van der Waals surface area contributed by atoms with Crippen molar-refractivity contribution in [1.82, 2.24) is 4.90 Å². The molecule has 2 bridgehead atoms. The highest BCUT2D eigenvalue weighted by Crippen LogP contribution is 2.54. The molecular formula is C24H29ClFNO3. The van der Waals surface area contributed by atoms with Crippen LogP contribution < -0.4 is 4.74 Å². The molecule has 2 aliphatic rings. The Morgan fingerprint density at radius 2 is 1.93 bits per heavy atom. The van der Waals surface area contributed by atoms with E-state index in [2.05, 4.69) is 4.90 Å². The third kappa shape index (κ3) is 4.39. The van der Waals surface area contributed by atoms with E-state index < -0.39 is 17.4 Å². The van der Waals surface area contributed by atoms with Crippen LogP contribution in [0.2, 0.25) is 0 Å². The van der Waals surface area contributed by atoms with Gasteiger partial charge in [0, 0.05) is 18.0 Å². The highest BCUT2D eigenvalue weighted by Gasteiger charge is 2.52. The summed E-state index contributed by atoms with van der Waals surface area (Å²) >= 11 is 0. The zero-order valence-corrected chi connectivity index (χ0v) is 18.2. The number of fused-ring (bicyclic) bond motifs is 2. The van der Waals surface area contributed by atoms with E-state index in [1.165, 1.54) is 18.2 Å². The summed E-state index contributed by atoms with van der Waals surface area (Å²) in [4.78, 5) is 14.5. The molecule has 4 atom stereocenters. The fourth-order valence-electron chi connectivity index (χ4n) is 5.29. The number of benzene rings is 2. The van der Waals surface area contributed by atoms with Crippen molar-refractivity contribution in [2.75, 3.05) is 20.6 Å². The van der Waals surface area contributed by atoms with Gasteiger partial charge in [-0.2, -0.15) is 0 Å². The van der Waals surface area contributed by atoms with Crippen LogP contribution in [-0.4, -0.2) is 36.6 Å². The summed E-state index contributed by atoms with van der Waals surface area (Å²) < 4.78 is 20.4. The molecule has 2 fully saturated rings. The quantitative estimate of drug-likeness (QED) is 0.550. The summed E-state index contributed by atoms with van der Waals surface area (Å²) in [5.74, 6) is 0.0613. The highest BCUT2D eigenvalue weighted by atomic mass is 35.5. The summed E-state index contributed by atoms with van der Waals surface area (Å²) in [7, 11) is 3.96. The number of carbonyl (C=O) groups excluding carboxylic acids is 1. The number of hydrogen-bond donors (Lipinski definition) is 1. The molecule has 4 nitrogen and oxygen atoms in total. The second-order valence-electron chi connectivity index (χ2n) is 8.83. The minimum absolute atomic E-state index is 0. The fraction of sp³-hybridized carbons (Fsp3) is 0.458. The standard InChI is InChI=1S/C24H28FNO3.ClH/c1-26(2)15-21-18-9-8-16(12-18)14-24(21,28)20-13-19(10-11-22(20)25)29-23(27)17-6-4-3-5-7-17;/h3-7,10-11,13,16,18,21,28H,8-9,12,14-15H2,1-2H3;1H. The van der Waals surface area contributed by atoms with Crippen molar-refractivity contribution < 1.29 is 19.0 Å². The monoisotopic (exact) mass is 433 g/mol. The van der Waals surface area contributed by atoms with Crippen molar-refractivity contribution in [2.24, 2.45) is 17.8 Å². The first-order chi connectivity index (χ1) is 13.9. The maximum atomic E-state index is 14.9. The molecule has 4 unspecified atom stereocenters. The van der Waals surface area contributed by atoms with Gasteiger partial charge >= 0.3 is 5.97 Å². The maximum Gasteiger partial charge on any atom is 0.343 e. The lowest BCUT2D eigenvalue weighted by molar-refractivity contribution is -0.0913. The molecule has 30 heavy (non-hydrogen) atoms. The van der Waals surface area contributed by atoms with Gasteiger partial charge in [-0.15, -0.1) is 12.4 Å². The van der Waals surface area contributed by atoms with Crippen molar-refractivity contribution in [2.45, 2.75) is 31.3 Å². The average molecular weight is 434 g/mol. The zero-order valence-electron chi connectivity index (χ0n) is 17.4. The second-order valence-corrected chi connectivity index (χ2v) is 8.83. The van der Waals surface area contributed by atoms with Gasteiger partial charge in [-0.05, 0) is 75.5 Å². The van der Waals surface area contributed by atoms with Crippen LogP contribution in [0.4, 0.5) is 4.39 Å². The lowest BCUT2D eigenvalue weighted by Gasteiger charge is -2.45. The first-order valence-electron chi connectivity index (χ1n) is 10.3. The Bertz CT molecular complexity index is 891. The Labute approximate surface area is 183 Å². The number of ether oxygens (including phenoxy) is 1. The molecule has 0 aliphatic heterocycles. The van der Waals surface area contributed by atoms with Crippen LogP contribution in [0.3, 0.4) is 0 Å². The van der Waals surface area contributed by atoms with Gasteiger partial charge in [0.05, 0.1) is 11.2 Å². The summed E-state index contributed by atoms with van der Waals surface area (Å²) in [6.07, 6.45) is 3.82. The molecule has 1 N–H and O–H groups in total. The van der Waals surface area contributed by atoms with Crippen LogP contribution in [0.5, 0.6) is 5.75 Å². The van der Waals surface area contributed by atoms with Gasteiger partial charge in [0.1, 0.15) is 11.6 Å². The Kier molecular flexibility index (Phi) is 6.85. The van der Waals surface area contributed by atoms with Crippen molar-refractivity contribution in [3.05, 3.63) is 65.5 Å². The number of rotatable bonds is 5. The smallest absolute Gasteiger partial charge is 0.343 e. The van der Waals surface area contributed by atoms with Gasteiger partial charge < -0.3 is 14.7 Å². The SMILES string of the molecule is CN(C)CC1C2CCC(C2)CC1(O)c1cc(OC(=O)c2ccccc2)ccc1F.Cl. The van der Waals surface area contributed by atoms with Gasteiger partial charge in [-0.25, -0.2) is 9.18 Å². The van der Waals surface area contributed by atoms with E-state index in [1.54, 1.807) is 24.3 Å². The molecule has 0 aromatic heterocycles. The Morgan fingerprint density at radius 1 is 1.20 bits per heavy atom. The molecular weight excluding hydrogens is 405 g/mol. The van der Waals surface area contributed by atoms with E-state index in [1.807, 2.05) is 20.2 Å². The van der Waals surface area contributed by atoms with Crippen LogP contribution in [0.25, 0.3) is 0 Å². The molecule has 162 valence electrons.